The average Bonchev–Trinajstić information content (AvgIpc) is 3.50. The fourth-order valence-corrected chi connectivity index (χ4v) is 8.69. The molecule has 0 unspecified atom stereocenters. The molecule has 3 nitrogen and oxygen atoms in total. The van der Waals surface area contributed by atoms with Crippen LogP contribution >= 0.6 is 0 Å². The van der Waals surface area contributed by atoms with Gasteiger partial charge in [-0.2, -0.15) is 0 Å². The minimum atomic E-state index is -1.36. The van der Waals surface area contributed by atoms with E-state index in [1.807, 2.05) is 54.7 Å². The van der Waals surface area contributed by atoms with Gasteiger partial charge in [0, 0.05) is 32.5 Å². The molecule has 50 heavy (non-hydrogen) atoms. The molecule has 1 saturated carbocycles. The van der Waals surface area contributed by atoms with E-state index < -0.39 is 8.07 Å². The maximum atomic E-state index is 6.16. The van der Waals surface area contributed by atoms with Gasteiger partial charge in [0.1, 0.15) is 5.58 Å². The molecule has 8 rings (SSSR count). The number of pyridine rings is 2. The topological polar surface area (TPSA) is 38.9 Å². The van der Waals surface area contributed by atoms with Gasteiger partial charge in [-0.15, -0.1) is 53.6 Å². The molecule has 1 fully saturated rings. The SMILES string of the molecule is C[Si](C)(C)c1cnc(-c2[c-]cccc2)cc1CC1CCCCC1.Cc1ccnc(-c2[c-]cc3c(c2)oc2cc(-c4ccccc4)ccc23)c1.[Ir]. The number of rotatable bonds is 6. The van der Waals surface area contributed by atoms with Crippen LogP contribution in [0.3, 0.4) is 0 Å². The Bertz CT molecular complexity index is 2180. The van der Waals surface area contributed by atoms with Crippen molar-refractivity contribution in [3.05, 3.63) is 139 Å². The summed E-state index contributed by atoms with van der Waals surface area (Å²) >= 11 is 0. The van der Waals surface area contributed by atoms with E-state index in [0.717, 1.165) is 55.9 Å². The molecule has 0 amide bonds. The van der Waals surface area contributed by atoms with Gasteiger partial charge in [0.2, 0.25) is 0 Å². The normalized spacial score (nSPS) is 13.4. The molecule has 1 aliphatic carbocycles. The summed E-state index contributed by atoms with van der Waals surface area (Å²) in [6.45, 7) is 9.37. The quantitative estimate of drug-likeness (QED) is 0.124. The number of aryl methyl sites for hydroxylation is 1. The van der Waals surface area contributed by atoms with Crippen molar-refractivity contribution in [2.75, 3.05) is 0 Å². The van der Waals surface area contributed by atoms with Gasteiger partial charge in [0.25, 0.3) is 0 Å². The molecule has 5 heteroatoms. The van der Waals surface area contributed by atoms with E-state index in [2.05, 4.69) is 104 Å². The Balaban J connectivity index is 0.000000171. The molecule has 3 heterocycles. The van der Waals surface area contributed by atoms with Crippen LogP contribution in [-0.4, -0.2) is 18.0 Å². The van der Waals surface area contributed by atoms with Crippen LogP contribution in [-0.2, 0) is 26.5 Å². The first kappa shape index (κ1) is 35.7. The van der Waals surface area contributed by atoms with Crippen LogP contribution in [0.5, 0.6) is 0 Å². The van der Waals surface area contributed by atoms with Crippen molar-refractivity contribution in [3.8, 4) is 33.6 Å². The molecule has 0 N–H and O–H groups in total. The Labute approximate surface area is 311 Å². The zero-order chi connectivity index (χ0) is 33.8. The fourth-order valence-electron chi connectivity index (χ4n) is 7.10. The average molecular weight is 849 g/mol. The Hall–Kier alpha value is -4.15. The first-order valence-electron chi connectivity index (χ1n) is 17.6. The van der Waals surface area contributed by atoms with Crippen molar-refractivity contribution in [2.24, 2.45) is 5.92 Å². The van der Waals surface area contributed by atoms with E-state index in [9.17, 15) is 0 Å². The summed E-state index contributed by atoms with van der Waals surface area (Å²) in [6.07, 6.45) is 12.3. The summed E-state index contributed by atoms with van der Waals surface area (Å²) in [5.41, 5.74) is 10.9. The number of nitrogens with zero attached hydrogens (tertiary/aromatic N) is 2. The summed E-state index contributed by atoms with van der Waals surface area (Å²) in [5.74, 6) is 0.869. The number of aromatic nitrogens is 2. The number of benzene rings is 4. The fraction of sp³-hybridized carbons (Fsp3) is 0.244. The van der Waals surface area contributed by atoms with Crippen molar-refractivity contribution < 1.29 is 24.5 Å². The van der Waals surface area contributed by atoms with Crippen molar-refractivity contribution >= 4 is 35.2 Å². The van der Waals surface area contributed by atoms with E-state index in [0.29, 0.717) is 0 Å². The summed E-state index contributed by atoms with van der Waals surface area (Å²) < 4.78 is 6.16. The first-order chi connectivity index (χ1) is 23.8. The predicted octanol–water partition coefficient (Wildman–Crippen LogP) is 11.6. The molecule has 0 saturated heterocycles. The van der Waals surface area contributed by atoms with Crippen LogP contribution in [0.1, 0.15) is 43.2 Å². The van der Waals surface area contributed by atoms with E-state index in [1.165, 1.54) is 49.7 Å². The van der Waals surface area contributed by atoms with E-state index >= 15 is 0 Å². The molecule has 0 bridgehead atoms. The Morgan fingerprint density at radius 1 is 0.720 bits per heavy atom. The molecule has 0 spiro atoms. The summed E-state index contributed by atoms with van der Waals surface area (Å²) in [6, 6.07) is 42.0. The third kappa shape index (κ3) is 8.24. The van der Waals surface area contributed by atoms with E-state index in [-0.39, 0.29) is 20.1 Å². The molecular formula is C45H44IrN2OSi-2. The molecule has 1 aliphatic rings. The number of furan rings is 1. The Kier molecular flexibility index (Phi) is 11.3. The Morgan fingerprint density at radius 2 is 1.48 bits per heavy atom. The van der Waals surface area contributed by atoms with Gasteiger partial charge < -0.3 is 14.4 Å². The first-order valence-corrected chi connectivity index (χ1v) is 21.1. The number of hydrogen-bond acceptors (Lipinski definition) is 3. The van der Waals surface area contributed by atoms with Crippen LogP contribution in [0.25, 0.3) is 55.6 Å². The maximum absolute atomic E-state index is 6.16. The largest absolute Gasteiger partial charge is 0.476 e. The molecule has 1 radical (unpaired) electrons. The molecule has 3 aromatic heterocycles. The molecule has 0 atom stereocenters. The van der Waals surface area contributed by atoms with Gasteiger partial charge >= 0.3 is 0 Å². The Morgan fingerprint density at radius 3 is 2.22 bits per heavy atom. The second-order valence-electron chi connectivity index (χ2n) is 14.5. The van der Waals surface area contributed by atoms with E-state index in [1.54, 1.807) is 10.8 Å². The zero-order valence-electron chi connectivity index (χ0n) is 29.4. The molecule has 255 valence electrons. The van der Waals surface area contributed by atoms with Gasteiger partial charge in [-0.1, -0.05) is 129 Å². The zero-order valence-corrected chi connectivity index (χ0v) is 32.8. The standard InChI is InChI=1S/C24H16NO.C21H28NSi.Ir/c1-16-11-12-25-22(13-16)19-8-10-21-20-9-7-18(17-5-3-2-4-6-17)14-23(20)26-24(21)15-19;1-23(2,3)21-16-22-20(18-12-8-5-9-13-18)15-19(21)14-17-10-6-4-7-11-17;/h2-7,9-15H,1H3;5,8-9,12,15-17H,4,6-7,10-11,14H2,1-3H3;/q2*-1;. The predicted molar refractivity (Wildman–Crippen MR) is 208 cm³/mol. The van der Waals surface area contributed by atoms with Crippen molar-refractivity contribution in [2.45, 2.75) is 65.1 Å². The smallest absolute Gasteiger partial charge is 0.124 e. The van der Waals surface area contributed by atoms with Crippen LogP contribution < -0.4 is 5.19 Å². The van der Waals surface area contributed by atoms with Gasteiger partial charge in [-0.3, -0.25) is 0 Å². The summed E-state index contributed by atoms with van der Waals surface area (Å²) in [5, 5.41) is 3.73. The van der Waals surface area contributed by atoms with Crippen LogP contribution in [0.15, 0.2) is 120 Å². The number of fused-ring (bicyclic) bond motifs is 3. The van der Waals surface area contributed by atoms with E-state index in [4.69, 9.17) is 9.40 Å². The van der Waals surface area contributed by atoms with Gasteiger partial charge in [0.05, 0.1) is 13.7 Å². The number of hydrogen-bond donors (Lipinski definition) is 0. The molecule has 0 aliphatic heterocycles. The van der Waals surface area contributed by atoms with Gasteiger partial charge in [0.15, 0.2) is 0 Å². The second kappa shape index (κ2) is 15.8. The minimum absolute atomic E-state index is 0. The summed E-state index contributed by atoms with van der Waals surface area (Å²) in [7, 11) is -1.36. The van der Waals surface area contributed by atoms with Gasteiger partial charge in [-0.05, 0) is 64.5 Å². The van der Waals surface area contributed by atoms with Crippen molar-refractivity contribution in [1.82, 2.24) is 9.97 Å². The van der Waals surface area contributed by atoms with Crippen LogP contribution in [0.4, 0.5) is 0 Å². The molecule has 7 aromatic rings. The third-order valence-electron chi connectivity index (χ3n) is 9.72. The molecule has 4 aromatic carbocycles. The van der Waals surface area contributed by atoms with Crippen LogP contribution in [0.2, 0.25) is 19.6 Å². The monoisotopic (exact) mass is 849 g/mol. The third-order valence-corrected chi connectivity index (χ3v) is 11.8. The van der Waals surface area contributed by atoms with Gasteiger partial charge in [-0.25, -0.2) is 0 Å². The molecular weight excluding hydrogens is 805 g/mol. The maximum Gasteiger partial charge on any atom is 0.124 e. The minimum Gasteiger partial charge on any atom is -0.476 e. The van der Waals surface area contributed by atoms with Crippen molar-refractivity contribution in [3.63, 3.8) is 0 Å². The second-order valence-corrected chi connectivity index (χ2v) is 19.5. The summed E-state index contributed by atoms with van der Waals surface area (Å²) in [4.78, 5) is 9.22. The van der Waals surface area contributed by atoms with Crippen molar-refractivity contribution in [1.29, 1.82) is 0 Å². The van der Waals surface area contributed by atoms with Crippen LogP contribution in [0, 0.1) is 25.0 Å².